The quantitative estimate of drug-likeness (QED) is 0.797. The molecular weight excluding hydrogens is 216 g/mol. The Morgan fingerprint density at radius 1 is 1.18 bits per heavy atom. The maximum absolute atomic E-state index is 5.57. The maximum atomic E-state index is 5.57. The van der Waals surface area contributed by atoms with Gasteiger partial charge in [-0.2, -0.15) is 0 Å². The van der Waals surface area contributed by atoms with Gasteiger partial charge in [-0.3, -0.25) is 0 Å². The van der Waals surface area contributed by atoms with Crippen LogP contribution in [-0.2, 0) is 6.61 Å². The van der Waals surface area contributed by atoms with Gasteiger partial charge in [-0.15, -0.1) is 0 Å². The van der Waals surface area contributed by atoms with Crippen molar-refractivity contribution in [1.82, 2.24) is 15.0 Å². The number of anilines is 1. The summed E-state index contributed by atoms with van der Waals surface area (Å²) in [6, 6.07) is 5.61. The van der Waals surface area contributed by atoms with Gasteiger partial charge in [0.15, 0.2) is 0 Å². The van der Waals surface area contributed by atoms with Crippen molar-refractivity contribution >= 4 is 5.82 Å². The highest BCUT2D eigenvalue weighted by atomic mass is 16.5. The molecule has 0 aliphatic heterocycles. The van der Waals surface area contributed by atoms with Gasteiger partial charge in [-0.1, -0.05) is 6.07 Å². The van der Waals surface area contributed by atoms with Crippen LogP contribution in [0.25, 0.3) is 0 Å². The fourth-order valence-corrected chi connectivity index (χ4v) is 1.46. The Balaban J connectivity index is 2.09. The third-order valence-corrected chi connectivity index (χ3v) is 2.22. The lowest BCUT2D eigenvalue weighted by Gasteiger charge is -2.15. The summed E-state index contributed by atoms with van der Waals surface area (Å²) in [5.74, 6) is 1.47. The van der Waals surface area contributed by atoms with E-state index in [0.29, 0.717) is 12.5 Å². The van der Waals surface area contributed by atoms with E-state index in [2.05, 4.69) is 15.0 Å². The number of hydrogen-bond donors (Lipinski definition) is 0. The van der Waals surface area contributed by atoms with Crippen molar-refractivity contribution in [1.29, 1.82) is 0 Å². The average molecular weight is 230 g/mol. The van der Waals surface area contributed by atoms with Crippen LogP contribution in [0.1, 0.15) is 5.56 Å². The van der Waals surface area contributed by atoms with Gasteiger partial charge in [0.05, 0.1) is 0 Å². The molecule has 0 bridgehead atoms. The molecule has 0 radical (unpaired) electrons. The van der Waals surface area contributed by atoms with Crippen LogP contribution in [0.5, 0.6) is 5.88 Å². The molecule has 0 amide bonds. The molecule has 2 rings (SSSR count). The van der Waals surface area contributed by atoms with Crippen molar-refractivity contribution < 1.29 is 4.74 Å². The van der Waals surface area contributed by atoms with E-state index in [0.717, 1.165) is 11.4 Å². The first-order valence-corrected chi connectivity index (χ1v) is 5.27. The summed E-state index contributed by atoms with van der Waals surface area (Å²) >= 11 is 0. The number of aromatic nitrogens is 3. The van der Waals surface area contributed by atoms with E-state index in [4.69, 9.17) is 4.74 Å². The lowest BCUT2D eigenvalue weighted by Crippen LogP contribution is -2.14. The first-order valence-electron chi connectivity index (χ1n) is 5.27. The van der Waals surface area contributed by atoms with Gasteiger partial charge in [0.25, 0.3) is 0 Å². The second-order valence-corrected chi connectivity index (χ2v) is 3.72. The summed E-state index contributed by atoms with van der Waals surface area (Å²) < 4.78 is 5.57. The summed E-state index contributed by atoms with van der Waals surface area (Å²) in [7, 11) is 3.91. The molecule has 0 aliphatic rings. The standard InChI is InChI=1S/C12H14N4O/c1-16(2)12-10(4-3-6-14-12)8-17-11-5-7-13-9-15-11/h3-7,9H,8H2,1-2H3. The van der Waals surface area contributed by atoms with Gasteiger partial charge in [-0.25, -0.2) is 15.0 Å². The van der Waals surface area contributed by atoms with E-state index in [1.54, 1.807) is 18.5 Å². The molecule has 5 nitrogen and oxygen atoms in total. The first-order chi connectivity index (χ1) is 8.27. The fourth-order valence-electron chi connectivity index (χ4n) is 1.46. The van der Waals surface area contributed by atoms with Crippen LogP contribution in [0.15, 0.2) is 36.9 Å². The topological polar surface area (TPSA) is 51.1 Å². The van der Waals surface area contributed by atoms with Gasteiger partial charge in [0, 0.05) is 38.1 Å². The minimum Gasteiger partial charge on any atom is -0.473 e. The molecular formula is C12H14N4O. The highest BCUT2D eigenvalue weighted by molar-refractivity contribution is 5.44. The highest BCUT2D eigenvalue weighted by Gasteiger charge is 2.06. The molecule has 2 aromatic rings. The molecule has 0 atom stereocenters. The zero-order valence-electron chi connectivity index (χ0n) is 9.87. The van der Waals surface area contributed by atoms with Gasteiger partial charge in [-0.05, 0) is 6.07 Å². The zero-order valence-corrected chi connectivity index (χ0v) is 9.87. The SMILES string of the molecule is CN(C)c1ncccc1COc1ccncn1. The molecule has 0 saturated heterocycles. The third-order valence-electron chi connectivity index (χ3n) is 2.22. The molecule has 2 heterocycles. The summed E-state index contributed by atoms with van der Waals surface area (Å²) in [6.45, 7) is 0.443. The van der Waals surface area contributed by atoms with E-state index in [1.165, 1.54) is 6.33 Å². The summed E-state index contributed by atoms with van der Waals surface area (Å²) in [4.78, 5) is 14.1. The highest BCUT2D eigenvalue weighted by Crippen LogP contribution is 2.16. The van der Waals surface area contributed by atoms with E-state index >= 15 is 0 Å². The molecule has 5 heteroatoms. The van der Waals surface area contributed by atoms with Crippen LogP contribution in [0.4, 0.5) is 5.82 Å². The molecule has 0 fully saturated rings. The predicted octanol–water partition coefficient (Wildman–Crippen LogP) is 1.52. The van der Waals surface area contributed by atoms with Crippen LogP contribution in [0, 0.1) is 0 Å². The number of rotatable bonds is 4. The third kappa shape index (κ3) is 2.90. The Bertz CT molecular complexity index is 473. The monoisotopic (exact) mass is 230 g/mol. The molecule has 88 valence electrons. The van der Waals surface area contributed by atoms with Crippen molar-refractivity contribution in [2.24, 2.45) is 0 Å². The van der Waals surface area contributed by atoms with Crippen molar-refractivity contribution in [3.63, 3.8) is 0 Å². The molecule has 2 aromatic heterocycles. The van der Waals surface area contributed by atoms with Crippen LogP contribution in [0.2, 0.25) is 0 Å². The van der Waals surface area contributed by atoms with E-state index < -0.39 is 0 Å². The molecule has 0 unspecified atom stereocenters. The van der Waals surface area contributed by atoms with Crippen molar-refractivity contribution in [3.8, 4) is 5.88 Å². The lowest BCUT2D eigenvalue weighted by atomic mass is 10.2. The second-order valence-electron chi connectivity index (χ2n) is 3.72. The normalized spacial score (nSPS) is 10.0. The van der Waals surface area contributed by atoms with E-state index in [-0.39, 0.29) is 0 Å². The lowest BCUT2D eigenvalue weighted by molar-refractivity contribution is 0.293. The first kappa shape index (κ1) is 11.3. The largest absolute Gasteiger partial charge is 0.473 e. The molecule has 0 aliphatic carbocycles. The summed E-state index contributed by atoms with van der Waals surface area (Å²) in [6.07, 6.45) is 4.88. The zero-order chi connectivity index (χ0) is 12.1. The van der Waals surface area contributed by atoms with Crippen molar-refractivity contribution in [2.75, 3.05) is 19.0 Å². The summed E-state index contributed by atoms with van der Waals surface area (Å²) in [5, 5.41) is 0. The maximum Gasteiger partial charge on any atom is 0.216 e. The van der Waals surface area contributed by atoms with E-state index in [1.807, 2.05) is 31.1 Å². The number of ether oxygens (including phenoxy) is 1. The average Bonchev–Trinajstić information content (AvgIpc) is 2.38. The number of nitrogens with zero attached hydrogens (tertiary/aromatic N) is 4. The van der Waals surface area contributed by atoms with Gasteiger partial charge in [0.1, 0.15) is 18.8 Å². The van der Waals surface area contributed by atoms with Gasteiger partial charge < -0.3 is 9.64 Å². The van der Waals surface area contributed by atoms with Gasteiger partial charge in [0.2, 0.25) is 5.88 Å². The molecule has 0 aromatic carbocycles. The Morgan fingerprint density at radius 2 is 2.06 bits per heavy atom. The Morgan fingerprint density at radius 3 is 2.76 bits per heavy atom. The second kappa shape index (κ2) is 5.25. The molecule has 0 saturated carbocycles. The van der Waals surface area contributed by atoms with Crippen LogP contribution >= 0.6 is 0 Å². The van der Waals surface area contributed by atoms with Crippen LogP contribution in [0.3, 0.4) is 0 Å². The Kier molecular flexibility index (Phi) is 3.49. The number of hydrogen-bond acceptors (Lipinski definition) is 5. The number of pyridine rings is 1. The fraction of sp³-hybridized carbons (Fsp3) is 0.250. The smallest absolute Gasteiger partial charge is 0.216 e. The molecule has 0 spiro atoms. The van der Waals surface area contributed by atoms with Crippen LogP contribution < -0.4 is 9.64 Å². The Labute approximate surface area is 100 Å². The molecule has 17 heavy (non-hydrogen) atoms. The van der Waals surface area contributed by atoms with Gasteiger partial charge >= 0.3 is 0 Å². The minimum absolute atomic E-state index is 0.443. The Hall–Kier alpha value is -2.17. The van der Waals surface area contributed by atoms with E-state index in [9.17, 15) is 0 Å². The van der Waals surface area contributed by atoms with Crippen molar-refractivity contribution in [2.45, 2.75) is 6.61 Å². The molecule has 0 N–H and O–H groups in total. The van der Waals surface area contributed by atoms with Crippen molar-refractivity contribution in [3.05, 3.63) is 42.5 Å². The summed E-state index contributed by atoms with van der Waals surface area (Å²) in [5.41, 5.74) is 1.02. The predicted molar refractivity (Wildman–Crippen MR) is 64.9 cm³/mol. The van der Waals surface area contributed by atoms with Crippen LogP contribution in [-0.4, -0.2) is 29.0 Å². The minimum atomic E-state index is 0.443.